The van der Waals surface area contributed by atoms with Crippen LogP contribution in [0.1, 0.15) is 36.8 Å². The van der Waals surface area contributed by atoms with Crippen LogP contribution in [-0.4, -0.2) is 38.1 Å². The third-order valence-corrected chi connectivity index (χ3v) is 4.85. The summed E-state index contributed by atoms with van der Waals surface area (Å²) in [7, 11) is 0. The van der Waals surface area contributed by atoms with Gasteiger partial charge in [-0.15, -0.1) is 0 Å². The summed E-state index contributed by atoms with van der Waals surface area (Å²) < 4.78 is 3.15. The van der Waals surface area contributed by atoms with Crippen LogP contribution in [0.3, 0.4) is 0 Å². The first-order valence-electron chi connectivity index (χ1n) is 8.10. The molecule has 3 heterocycles. The van der Waals surface area contributed by atoms with Crippen molar-refractivity contribution < 1.29 is 4.79 Å². The number of nitrogens with zero attached hydrogens (tertiary/aromatic N) is 4. The summed E-state index contributed by atoms with van der Waals surface area (Å²) in [5.74, 6) is 0.0196. The molecule has 4 rings (SSSR count). The first-order chi connectivity index (χ1) is 10.7. The van der Waals surface area contributed by atoms with Gasteiger partial charge in [0.2, 0.25) is 5.91 Å². The molecule has 0 radical (unpaired) electrons. The average Bonchev–Trinajstić information content (AvgIpc) is 3.17. The Bertz CT molecular complexity index is 783. The highest BCUT2D eigenvalue weighted by molar-refractivity contribution is 5.76. The lowest BCUT2D eigenvalue weighted by Crippen LogP contribution is -2.35. The second-order valence-corrected chi connectivity index (χ2v) is 6.29. The predicted octanol–water partition coefficient (Wildman–Crippen LogP) is 0.997. The molecule has 1 fully saturated rings. The number of hydrogen-bond donors (Lipinski definition) is 0. The van der Waals surface area contributed by atoms with Gasteiger partial charge in [-0.1, -0.05) is 0 Å². The Balaban J connectivity index is 1.71. The van der Waals surface area contributed by atoms with E-state index in [1.54, 1.807) is 4.52 Å². The first kappa shape index (κ1) is 13.5. The Kier molecular flexibility index (Phi) is 3.24. The highest BCUT2D eigenvalue weighted by atomic mass is 16.2. The van der Waals surface area contributed by atoms with Gasteiger partial charge in [-0.05, 0) is 49.7 Å². The Labute approximate surface area is 128 Å². The van der Waals surface area contributed by atoms with Crippen LogP contribution >= 0.6 is 0 Å². The van der Waals surface area contributed by atoms with Crippen molar-refractivity contribution in [1.82, 2.24) is 19.1 Å². The number of fused-ring (bicyclic) bond motifs is 3. The smallest absolute Gasteiger partial charge is 0.278 e. The summed E-state index contributed by atoms with van der Waals surface area (Å²) in [5.41, 5.74) is 2.93. The van der Waals surface area contributed by atoms with E-state index in [0.29, 0.717) is 5.52 Å². The molecule has 0 N–H and O–H groups in total. The predicted molar refractivity (Wildman–Crippen MR) is 81.9 cm³/mol. The quantitative estimate of drug-likeness (QED) is 0.831. The average molecular weight is 300 g/mol. The van der Waals surface area contributed by atoms with E-state index in [2.05, 4.69) is 5.10 Å². The summed E-state index contributed by atoms with van der Waals surface area (Å²) >= 11 is 0. The zero-order chi connectivity index (χ0) is 15.1. The zero-order valence-electron chi connectivity index (χ0n) is 12.6. The standard InChI is InChI=1S/C16H20N4O2/c21-14(18-7-3-4-8-18)10-19-11-17-20-9-12-5-1-2-6-13(12)15(20)16(19)22/h9,11H,1-8,10H2. The molecule has 6 heteroatoms. The topological polar surface area (TPSA) is 59.6 Å². The number of likely N-dealkylation sites (tertiary alicyclic amines) is 1. The first-order valence-corrected chi connectivity index (χ1v) is 8.10. The molecule has 0 unspecified atom stereocenters. The van der Waals surface area contributed by atoms with Crippen LogP contribution in [0.25, 0.3) is 5.52 Å². The normalized spacial score (nSPS) is 17.9. The van der Waals surface area contributed by atoms with Crippen molar-refractivity contribution >= 4 is 11.4 Å². The zero-order valence-corrected chi connectivity index (χ0v) is 12.6. The van der Waals surface area contributed by atoms with E-state index in [1.807, 2.05) is 11.1 Å². The third kappa shape index (κ3) is 2.14. The second kappa shape index (κ2) is 5.26. The van der Waals surface area contributed by atoms with Gasteiger partial charge in [-0.25, -0.2) is 4.52 Å². The van der Waals surface area contributed by atoms with Crippen LogP contribution in [-0.2, 0) is 24.2 Å². The maximum absolute atomic E-state index is 12.7. The fourth-order valence-electron chi connectivity index (χ4n) is 3.64. The Morgan fingerprint density at radius 2 is 1.91 bits per heavy atom. The van der Waals surface area contributed by atoms with Crippen molar-refractivity contribution in [1.29, 1.82) is 0 Å². The van der Waals surface area contributed by atoms with Crippen LogP contribution in [0.15, 0.2) is 17.3 Å². The molecular weight excluding hydrogens is 280 g/mol. The summed E-state index contributed by atoms with van der Waals surface area (Å²) in [6.07, 6.45) is 9.83. The maximum Gasteiger partial charge on any atom is 0.278 e. The van der Waals surface area contributed by atoms with Crippen LogP contribution in [0, 0.1) is 0 Å². The van der Waals surface area contributed by atoms with Gasteiger partial charge >= 0.3 is 0 Å². The molecule has 116 valence electrons. The number of amides is 1. The third-order valence-electron chi connectivity index (χ3n) is 4.85. The molecule has 0 atom stereocenters. The van der Waals surface area contributed by atoms with Crippen molar-refractivity contribution in [2.75, 3.05) is 13.1 Å². The lowest BCUT2D eigenvalue weighted by Gasteiger charge is -2.16. The van der Waals surface area contributed by atoms with Gasteiger partial charge in [0.25, 0.3) is 5.56 Å². The molecule has 2 aliphatic rings. The molecule has 2 aromatic rings. The summed E-state index contributed by atoms with van der Waals surface area (Å²) in [6.45, 7) is 1.72. The second-order valence-electron chi connectivity index (χ2n) is 6.29. The maximum atomic E-state index is 12.7. The van der Waals surface area contributed by atoms with Crippen LogP contribution in [0.2, 0.25) is 0 Å². The molecule has 6 nitrogen and oxygen atoms in total. The molecule has 0 aromatic carbocycles. The SMILES string of the molecule is O=C(Cn1cnn2cc3c(c2c1=O)CCCC3)N1CCCC1. The molecule has 0 spiro atoms. The van der Waals surface area contributed by atoms with Crippen molar-refractivity contribution in [2.24, 2.45) is 0 Å². The monoisotopic (exact) mass is 300 g/mol. The van der Waals surface area contributed by atoms with E-state index in [9.17, 15) is 9.59 Å². The Hall–Kier alpha value is -2.11. The van der Waals surface area contributed by atoms with Crippen LogP contribution < -0.4 is 5.56 Å². The summed E-state index contributed by atoms with van der Waals surface area (Å²) in [5, 5.41) is 4.34. The van der Waals surface area contributed by atoms with Gasteiger partial charge < -0.3 is 4.90 Å². The highest BCUT2D eigenvalue weighted by Crippen LogP contribution is 2.24. The fourth-order valence-corrected chi connectivity index (χ4v) is 3.64. The summed E-state index contributed by atoms with van der Waals surface area (Å²) in [6, 6.07) is 0. The number of carbonyl (C=O) groups is 1. The number of aryl methyl sites for hydroxylation is 2. The van der Waals surface area contributed by atoms with Crippen molar-refractivity contribution in [3.63, 3.8) is 0 Å². The van der Waals surface area contributed by atoms with Crippen LogP contribution in [0.4, 0.5) is 0 Å². The van der Waals surface area contributed by atoms with Crippen molar-refractivity contribution in [3.8, 4) is 0 Å². The number of aromatic nitrogens is 3. The molecule has 0 bridgehead atoms. The largest absolute Gasteiger partial charge is 0.341 e. The van der Waals surface area contributed by atoms with Gasteiger partial charge in [0.05, 0.1) is 0 Å². The van der Waals surface area contributed by atoms with E-state index >= 15 is 0 Å². The number of hydrogen-bond acceptors (Lipinski definition) is 3. The van der Waals surface area contributed by atoms with Gasteiger partial charge in [-0.3, -0.25) is 14.2 Å². The lowest BCUT2D eigenvalue weighted by molar-refractivity contribution is -0.130. The molecule has 1 aliphatic heterocycles. The van der Waals surface area contributed by atoms with Crippen molar-refractivity contribution in [3.05, 3.63) is 34.0 Å². The minimum atomic E-state index is -0.0919. The molecule has 1 amide bonds. The minimum Gasteiger partial charge on any atom is -0.341 e. The van der Waals surface area contributed by atoms with E-state index in [4.69, 9.17) is 0 Å². The van der Waals surface area contributed by atoms with Gasteiger partial charge in [0.15, 0.2) is 0 Å². The van der Waals surface area contributed by atoms with Crippen LogP contribution in [0.5, 0.6) is 0 Å². The molecule has 2 aromatic heterocycles. The number of carbonyl (C=O) groups excluding carboxylic acids is 1. The Morgan fingerprint density at radius 1 is 1.14 bits per heavy atom. The van der Waals surface area contributed by atoms with E-state index in [1.165, 1.54) is 22.9 Å². The molecular formula is C16H20N4O2. The van der Waals surface area contributed by atoms with E-state index in [-0.39, 0.29) is 18.0 Å². The van der Waals surface area contributed by atoms with Gasteiger partial charge in [0.1, 0.15) is 18.4 Å². The molecule has 1 saturated heterocycles. The molecule has 1 aliphatic carbocycles. The van der Waals surface area contributed by atoms with E-state index < -0.39 is 0 Å². The number of rotatable bonds is 2. The highest BCUT2D eigenvalue weighted by Gasteiger charge is 2.21. The minimum absolute atomic E-state index is 0.0196. The summed E-state index contributed by atoms with van der Waals surface area (Å²) in [4.78, 5) is 26.8. The lowest BCUT2D eigenvalue weighted by atomic mass is 9.95. The molecule has 22 heavy (non-hydrogen) atoms. The van der Waals surface area contributed by atoms with E-state index in [0.717, 1.165) is 50.8 Å². The van der Waals surface area contributed by atoms with Gasteiger partial charge in [-0.2, -0.15) is 5.10 Å². The Morgan fingerprint density at radius 3 is 2.73 bits per heavy atom. The molecule has 0 saturated carbocycles. The van der Waals surface area contributed by atoms with Crippen molar-refractivity contribution in [2.45, 2.75) is 45.1 Å². The fraction of sp³-hybridized carbons (Fsp3) is 0.562. The van der Waals surface area contributed by atoms with Gasteiger partial charge in [0, 0.05) is 19.3 Å².